The van der Waals surface area contributed by atoms with E-state index in [1.807, 2.05) is 12.1 Å². The lowest BCUT2D eigenvalue weighted by atomic mass is 10.2. The van der Waals surface area contributed by atoms with Gasteiger partial charge in [0.1, 0.15) is 0 Å². The smallest absolute Gasteiger partial charge is 0.0368 e. The largest absolute Gasteiger partial charge is 0.399 e. The average Bonchev–Trinajstić information content (AvgIpc) is 1.85. The maximum Gasteiger partial charge on any atom is 0.0368 e. The summed E-state index contributed by atoms with van der Waals surface area (Å²) in [6.07, 6.45) is 0. The Labute approximate surface area is 67.4 Å². The molecule has 0 atom stereocenters. The Balaban J connectivity index is 2.71. The van der Waals surface area contributed by atoms with Gasteiger partial charge in [-0.2, -0.15) is 0 Å². The minimum Gasteiger partial charge on any atom is -0.399 e. The Kier molecular flexibility index (Phi) is 2.36. The molecule has 0 aromatic heterocycles. The van der Waals surface area contributed by atoms with Gasteiger partial charge in [-0.15, -0.1) is 0 Å². The lowest BCUT2D eigenvalue weighted by molar-refractivity contribution is 0.900. The summed E-state index contributed by atoms with van der Waals surface area (Å²) in [5.74, 6) is 0. The van der Waals surface area contributed by atoms with Crippen molar-refractivity contribution in [1.82, 2.24) is 0 Å². The first-order valence-corrected chi connectivity index (χ1v) is 3.71. The summed E-state index contributed by atoms with van der Waals surface area (Å²) in [6, 6.07) is 8.92. The first-order chi connectivity index (χ1) is 5.18. The van der Waals surface area contributed by atoms with Gasteiger partial charge in [-0.3, -0.25) is 0 Å². The first kappa shape index (κ1) is 7.92. The van der Waals surface area contributed by atoms with Gasteiger partial charge >= 0.3 is 0 Å². The maximum absolute atomic E-state index is 5.56. The molecule has 0 bridgehead atoms. The van der Waals surface area contributed by atoms with Gasteiger partial charge in [-0.05, 0) is 38.1 Å². The molecule has 0 aliphatic carbocycles. The molecule has 0 amide bonds. The monoisotopic (exact) mass is 149 g/mol. The molecule has 3 N–H and O–H groups in total. The fourth-order valence-electron chi connectivity index (χ4n) is 0.907. The molecule has 2 nitrogen and oxygen atoms in total. The second kappa shape index (κ2) is 3.28. The van der Waals surface area contributed by atoms with Crippen LogP contribution in [0.15, 0.2) is 18.2 Å². The molecule has 0 aliphatic heterocycles. The standard InChI is InChI=1S/C9H13N2/c1-7(2)11-9-5-3-4-8(10)6-9/h4-7,11H,10H2,1-2H3. The number of nitrogens with two attached hydrogens (primary N) is 1. The van der Waals surface area contributed by atoms with Crippen molar-refractivity contribution in [2.24, 2.45) is 0 Å². The van der Waals surface area contributed by atoms with Gasteiger partial charge in [0, 0.05) is 17.4 Å². The van der Waals surface area contributed by atoms with Crippen LogP contribution < -0.4 is 11.1 Å². The second-order valence-corrected chi connectivity index (χ2v) is 2.85. The van der Waals surface area contributed by atoms with Crippen LogP contribution in [0.5, 0.6) is 0 Å². The minimum atomic E-state index is 0.435. The molecule has 2 heteroatoms. The van der Waals surface area contributed by atoms with Crippen LogP contribution in [0.25, 0.3) is 0 Å². The van der Waals surface area contributed by atoms with E-state index in [0.29, 0.717) is 6.04 Å². The molecule has 1 aromatic rings. The molecule has 11 heavy (non-hydrogen) atoms. The topological polar surface area (TPSA) is 38.0 Å². The summed E-state index contributed by atoms with van der Waals surface area (Å²) >= 11 is 0. The van der Waals surface area contributed by atoms with Crippen molar-refractivity contribution in [3.05, 3.63) is 24.3 Å². The molecular weight excluding hydrogens is 136 g/mol. The van der Waals surface area contributed by atoms with E-state index in [1.165, 1.54) is 0 Å². The molecule has 59 valence electrons. The number of nitrogen functional groups attached to an aromatic ring is 1. The number of nitrogens with one attached hydrogen (secondary N) is 1. The van der Waals surface area contributed by atoms with Crippen LogP contribution in [0.4, 0.5) is 11.4 Å². The molecule has 0 aliphatic rings. The number of anilines is 2. The predicted molar refractivity (Wildman–Crippen MR) is 48.4 cm³/mol. The van der Waals surface area contributed by atoms with Crippen molar-refractivity contribution in [2.75, 3.05) is 11.1 Å². The third-order valence-electron chi connectivity index (χ3n) is 1.27. The normalized spacial score (nSPS) is 10.1. The number of hydrogen-bond donors (Lipinski definition) is 2. The lowest BCUT2D eigenvalue weighted by Crippen LogP contribution is -2.09. The Morgan fingerprint density at radius 2 is 2.18 bits per heavy atom. The summed E-state index contributed by atoms with van der Waals surface area (Å²) in [5.41, 5.74) is 7.34. The Bertz CT molecular complexity index is 231. The summed E-state index contributed by atoms with van der Waals surface area (Å²) in [5, 5.41) is 3.23. The van der Waals surface area contributed by atoms with Gasteiger partial charge in [0.2, 0.25) is 0 Å². The van der Waals surface area contributed by atoms with Gasteiger partial charge in [-0.1, -0.05) is 0 Å². The van der Waals surface area contributed by atoms with Gasteiger partial charge < -0.3 is 11.1 Å². The van der Waals surface area contributed by atoms with E-state index < -0.39 is 0 Å². The predicted octanol–water partition coefficient (Wildman–Crippen LogP) is 1.89. The van der Waals surface area contributed by atoms with E-state index in [9.17, 15) is 0 Å². The zero-order valence-corrected chi connectivity index (χ0v) is 6.89. The van der Waals surface area contributed by atoms with E-state index in [4.69, 9.17) is 5.73 Å². The molecule has 0 fully saturated rings. The molecule has 1 aromatic carbocycles. The quantitative estimate of drug-likeness (QED) is 0.630. The fourth-order valence-corrected chi connectivity index (χ4v) is 0.907. The average molecular weight is 149 g/mol. The Morgan fingerprint density at radius 1 is 1.45 bits per heavy atom. The Hall–Kier alpha value is -1.18. The van der Waals surface area contributed by atoms with Crippen molar-refractivity contribution < 1.29 is 0 Å². The second-order valence-electron chi connectivity index (χ2n) is 2.85. The van der Waals surface area contributed by atoms with Gasteiger partial charge in [0.05, 0.1) is 0 Å². The molecule has 0 spiro atoms. The minimum absolute atomic E-state index is 0.435. The van der Waals surface area contributed by atoms with E-state index >= 15 is 0 Å². The van der Waals surface area contributed by atoms with Crippen LogP contribution in [-0.4, -0.2) is 6.04 Å². The highest BCUT2D eigenvalue weighted by Crippen LogP contribution is 2.11. The van der Waals surface area contributed by atoms with Crippen LogP contribution in [0, 0.1) is 6.07 Å². The van der Waals surface area contributed by atoms with E-state index in [-0.39, 0.29) is 0 Å². The van der Waals surface area contributed by atoms with Crippen molar-refractivity contribution in [1.29, 1.82) is 0 Å². The van der Waals surface area contributed by atoms with Crippen molar-refractivity contribution in [2.45, 2.75) is 19.9 Å². The highest BCUT2D eigenvalue weighted by molar-refractivity contribution is 5.53. The third kappa shape index (κ3) is 2.50. The fraction of sp³-hybridized carbons (Fsp3) is 0.333. The van der Waals surface area contributed by atoms with Crippen LogP contribution in [-0.2, 0) is 0 Å². The molecule has 1 radical (unpaired) electrons. The highest BCUT2D eigenvalue weighted by atomic mass is 14.9. The zero-order valence-electron chi connectivity index (χ0n) is 6.89. The number of hydrogen-bond acceptors (Lipinski definition) is 2. The summed E-state index contributed by atoms with van der Waals surface area (Å²) in [4.78, 5) is 0. The summed E-state index contributed by atoms with van der Waals surface area (Å²) in [7, 11) is 0. The van der Waals surface area contributed by atoms with E-state index in [2.05, 4.69) is 25.2 Å². The van der Waals surface area contributed by atoms with Gasteiger partial charge in [0.15, 0.2) is 0 Å². The lowest BCUT2D eigenvalue weighted by Gasteiger charge is -2.09. The van der Waals surface area contributed by atoms with Crippen LogP contribution >= 0.6 is 0 Å². The van der Waals surface area contributed by atoms with Gasteiger partial charge in [0.25, 0.3) is 0 Å². The van der Waals surface area contributed by atoms with Gasteiger partial charge in [-0.25, -0.2) is 0 Å². The third-order valence-corrected chi connectivity index (χ3v) is 1.27. The molecule has 0 unspecified atom stereocenters. The highest BCUT2D eigenvalue weighted by Gasteiger charge is 1.93. The molecular formula is C9H13N2. The summed E-state index contributed by atoms with van der Waals surface area (Å²) in [6.45, 7) is 4.17. The maximum atomic E-state index is 5.56. The van der Waals surface area contributed by atoms with Crippen molar-refractivity contribution in [3.63, 3.8) is 0 Å². The van der Waals surface area contributed by atoms with E-state index in [0.717, 1.165) is 11.4 Å². The number of rotatable bonds is 2. The van der Waals surface area contributed by atoms with E-state index in [1.54, 1.807) is 6.07 Å². The zero-order chi connectivity index (χ0) is 8.27. The summed E-state index contributed by atoms with van der Waals surface area (Å²) < 4.78 is 0. The molecule has 0 saturated carbocycles. The molecule has 1 rings (SSSR count). The van der Waals surface area contributed by atoms with Crippen molar-refractivity contribution >= 4 is 11.4 Å². The molecule has 0 saturated heterocycles. The van der Waals surface area contributed by atoms with Crippen LogP contribution in [0.1, 0.15) is 13.8 Å². The Morgan fingerprint density at radius 3 is 2.73 bits per heavy atom. The number of benzene rings is 1. The first-order valence-electron chi connectivity index (χ1n) is 3.71. The van der Waals surface area contributed by atoms with Crippen LogP contribution in [0.3, 0.4) is 0 Å². The van der Waals surface area contributed by atoms with Crippen LogP contribution in [0.2, 0.25) is 0 Å². The molecule has 0 heterocycles. The van der Waals surface area contributed by atoms with Crippen molar-refractivity contribution in [3.8, 4) is 0 Å². The SMILES string of the molecule is CC(C)Nc1c[c]cc(N)c1.